The van der Waals surface area contributed by atoms with Crippen LogP contribution in [0.1, 0.15) is 11.4 Å². The van der Waals surface area contributed by atoms with Gasteiger partial charge in [-0.05, 0) is 5.56 Å². The summed E-state index contributed by atoms with van der Waals surface area (Å²) < 4.78 is 6.76. The Morgan fingerprint density at radius 2 is 2.07 bits per heavy atom. The zero-order valence-corrected chi connectivity index (χ0v) is 8.63. The number of hydrogen-bond acceptors (Lipinski definition) is 3. The van der Waals surface area contributed by atoms with Crippen molar-refractivity contribution < 1.29 is 4.74 Å². The highest BCUT2D eigenvalue weighted by Crippen LogP contribution is 2.01. The van der Waals surface area contributed by atoms with Crippen LogP contribution < -0.4 is 0 Å². The molecular weight excluding hydrogens is 190 g/mol. The van der Waals surface area contributed by atoms with Gasteiger partial charge < -0.3 is 4.74 Å². The number of hydrogen-bond donors (Lipinski definition) is 0. The first kappa shape index (κ1) is 9.86. The van der Waals surface area contributed by atoms with Crippen molar-refractivity contribution in [3.8, 4) is 0 Å². The fourth-order valence-electron chi connectivity index (χ4n) is 1.38. The van der Waals surface area contributed by atoms with Gasteiger partial charge in [0.15, 0.2) is 5.82 Å². The molecule has 78 valence electrons. The van der Waals surface area contributed by atoms with Gasteiger partial charge in [-0.15, -0.1) is 0 Å². The average Bonchev–Trinajstić information content (AvgIpc) is 2.68. The van der Waals surface area contributed by atoms with Gasteiger partial charge in [-0.3, -0.25) is 0 Å². The van der Waals surface area contributed by atoms with E-state index in [2.05, 4.69) is 22.2 Å². The quantitative estimate of drug-likeness (QED) is 0.755. The maximum atomic E-state index is 4.95. The van der Waals surface area contributed by atoms with E-state index >= 15 is 0 Å². The molecule has 1 heterocycles. The molecule has 0 atom stereocenters. The van der Waals surface area contributed by atoms with Crippen LogP contribution in [0.5, 0.6) is 0 Å². The zero-order valence-electron chi connectivity index (χ0n) is 8.63. The molecule has 0 saturated heterocycles. The minimum atomic E-state index is 0.460. The first-order chi connectivity index (χ1) is 7.38. The van der Waals surface area contributed by atoms with E-state index < -0.39 is 0 Å². The molecule has 0 fully saturated rings. The van der Waals surface area contributed by atoms with Crippen LogP contribution >= 0.6 is 0 Å². The number of aromatic nitrogens is 3. The Labute approximate surface area is 88.5 Å². The first-order valence-corrected chi connectivity index (χ1v) is 4.79. The van der Waals surface area contributed by atoms with Crippen molar-refractivity contribution in [3.05, 3.63) is 48.0 Å². The summed E-state index contributed by atoms with van der Waals surface area (Å²) >= 11 is 0. The monoisotopic (exact) mass is 203 g/mol. The Kier molecular flexibility index (Phi) is 3.09. The third-order valence-corrected chi connectivity index (χ3v) is 2.04. The Morgan fingerprint density at radius 3 is 2.80 bits per heavy atom. The van der Waals surface area contributed by atoms with Gasteiger partial charge >= 0.3 is 0 Å². The molecule has 2 aromatic rings. The molecule has 0 unspecified atom stereocenters. The normalized spacial score (nSPS) is 10.5. The average molecular weight is 203 g/mol. The van der Waals surface area contributed by atoms with Gasteiger partial charge in [0.1, 0.15) is 12.9 Å². The second-order valence-electron chi connectivity index (χ2n) is 3.28. The molecule has 0 amide bonds. The number of methoxy groups -OCH3 is 1. The van der Waals surface area contributed by atoms with Crippen LogP contribution in [-0.2, 0) is 17.9 Å². The van der Waals surface area contributed by atoms with Crippen LogP contribution in [0.4, 0.5) is 0 Å². The van der Waals surface area contributed by atoms with Gasteiger partial charge in [-0.2, -0.15) is 5.10 Å². The Balaban J connectivity index is 2.05. The molecule has 0 aliphatic rings. The first-order valence-electron chi connectivity index (χ1n) is 4.79. The maximum absolute atomic E-state index is 4.95. The lowest BCUT2D eigenvalue weighted by atomic mass is 10.2. The van der Waals surface area contributed by atoms with Gasteiger partial charge in [-0.25, -0.2) is 9.67 Å². The van der Waals surface area contributed by atoms with Crippen molar-refractivity contribution >= 4 is 0 Å². The van der Waals surface area contributed by atoms with E-state index in [9.17, 15) is 0 Å². The SMILES string of the molecule is COCc1ncn(Cc2ccccc2)n1. The summed E-state index contributed by atoms with van der Waals surface area (Å²) in [6, 6.07) is 10.2. The van der Waals surface area contributed by atoms with Gasteiger partial charge in [-0.1, -0.05) is 30.3 Å². The van der Waals surface area contributed by atoms with Gasteiger partial charge in [0.25, 0.3) is 0 Å². The second kappa shape index (κ2) is 4.70. The molecule has 0 aliphatic heterocycles. The second-order valence-corrected chi connectivity index (χ2v) is 3.28. The predicted molar refractivity (Wildman–Crippen MR) is 56.3 cm³/mol. The van der Waals surface area contributed by atoms with Crippen LogP contribution in [0.3, 0.4) is 0 Å². The fourth-order valence-corrected chi connectivity index (χ4v) is 1.38. The van der Waals surface area contributed by atoms with Crippen LogP contribution in [0.25, 0.3) is 0 Å². The Morgan fingerprint density at radius 1 is 1.27 bits per heavy atom. The lowest BCUT2D eigenvalue weighted by Crippen LogP contribution is -2.01. The number of benzene rings is 1. The van der Waals surface area contributed by atoms with E-state index in [0.29, 0.717) is 12.4 Å². The number of nitrogens with zero attached hydrogens (tertiary/aromatic N) is 3. The van der Waals surface area contributed by atoms with E-state index in [-0.39, 0.29) is 0 Å². The molecule has 2 rings (SSSR count). The third-order valence-electron chi connectivity index (χ3n) is 2.04. The van der Waals surface area contributed by atoms with E-state index in [1.165, 1.54) is 5.56 Å². The molecule has 0 aliphatic carbocycles. The van der Waals surface area contributed by atoms with Crippen LogP contribution in [0.2, 0.25) is 0 Å². The molecule has 1 aromatic heterocycles. The number of rotatable bonds is 4. The Bertz CT molecular complexity index is 411. The molecule has 0 radical (unpaired) electrons. The van der Waals surface area contributed by atoms with Crippen LogP contribution in [0.15, 0.2) is 36.7 Å². The molecule has 0 bridgehead atoms. The lowest BCUT2D eigenvalue weighted by Gasteiger charge is -1.99. The van der Waals surface area contributed by atoms with Crippen molar-refractivity contribution in [2.24, 2.45) is 0 Å². The molecule has 4 nitrogen and oxygen atoms in total. The molecule has 0 saturated carbocycles. The summed E-state index contributed by atoms with van der Waals surface area (Å²) in [6.07, 6.45) is 1.72. The van der Waals surface area contributed by atoms with E-state index in [1.807, 2.05) is 22.9 Å². The summed E-state index contributed by atoms with van der Waals surface area (Å²) in [5, 5.41) is 4.28. The molecule has 15 heavy (non-hydrogen) atoms. The highest BCUT2D eigenvalue weighted by Gasteiger charge is 2.00. The molecular formula is C11H13N3O. The number of ether oxygens (including phenoxy) is 1. The van der Waals surface area contributed by atoms with Gasteiger partial charge in [0.05, 0.1) is 6.54 Å². The predicted octanol–water partition coefficient (Wildman–Crippen LogP) is 1.47. The molecule has 0 N–H and O–H groups in total. The fraction of sp³-hybridized carbons (Fsp3) is 0.273. The molecule has 4 heteroatoms. The largest absolute Gasteiger partial charge is 0.377 e. The van der Waals surface area contributed by atoms with Crippen LogP contribution in [-0.4, -0.2) is 21.9 Å². The summed E-state index contributed by atoms with van der Waals surface area (Å²) in [6.45, 7) is 1.21. The summed E-state index contributed by atoms with van der Waals surface area (Å²) in [5.41, 5.74) is 1.21. The topological polar surface area (TPSA) is 39.9 Å². The van der Waals surface area contributed by atoms with Crippen LogP contribution in [0, 0.1) is 0 Å². The highest BCUT2D eigenvalue weighted by molar-refractivity contribution is 5.14. The van der Waals surface area contributed by atoms with Crippen molar-refractivity contribution in [1.29, 1.82) is 0 Å². The third kappa shape index (κ3) is 2.63. The van der Waals surface area contributed by atoms with Gasteiger partial charge in [0.2, 0.25) is 0 Å². The molecule has 0 spiro atoms. The summed E-state index contributed by atoms with van der Waals surface area (Å²) in [5.74, 6) is 0.716. The molecule has 1 aromatic carbocycles. The van der Waals surface area contributed by atoms with E-state index in [0.717, 1.165) is 6.54 Å². The minimum absolute atomic E-state index is 0.460. The van der Waals surface area contributed by atoms with Crippen molar-refractivity contribution in [2.75, 3.05) is 7.11 Å². The Hall–Kier alpha value is -1.68. The lowest BCUT2D eigenvalue weighted by molar-refractivity contribution is 0.177. The zero-order chi connectivity index (χ0) is 10.5. The summed E-state index contributed by atoms with van der Waals surface area (Å²) in [7, 11) is 1.64. The van der Waals surface area contributed by atoms with Crippen molar-refractivity contribution in [2.45, 2.75) is 13.2 Å². The van der Waals surface area contributed by atoms with E-state index in [4.69, 9.17) is 4.74 Å². The van der Waals surface area contributed by atoms with E-state index in [1.54, 1.807) is 13.4 Å². The minimum Gasteiger partial charge on any atom is -0.377 e. The summed E-state index contributed by atoms with van der Waals surface area (Å²) in [4.78, 5) is 4.13. The van der Waals surface area contributed by atoms with Crippen molar-refractivity contribution in [3.63, 3.8) is 0 Å². The van der Waals surface area contributed by atoms with Crippen molar-refractivity contribution in [1.82, 2.24) is 14.8 Å². The smallest absolute Gasteiger partial charge is 0.176 e. The highest BCUT2D eigenvalue weighted by atomic mass is 16.5. The van der Waals surface area contributed by atoms with Gasteiger partial charge in [0, 0.05) is 7.11 Å². The standard InChI is InChI=1S/C11H13N3O/c1-15-8-11-12-9-14(13-11)7-10-5-3-2-4-6-10/h2-6,9H,7-8H2,1H3. The maximum Gasteiger partial charge on any atom is 0.176 e.